The topological polar surface area (TPSA) is 30.0 Å². The summed E-state index contributed by atoms with van der Waals surface area (Å²) in [5.74, 6) is 1.94. The van der Waals surface area contributed by atoms with E-state index in [1.807, 2.05) is 25.1 Å². The molecule has 84 valence electrons. The second kappa shape index (κ2) is 6.96. The molecular formula is C11H16ClNOS. The number of aromatic nitrogens is 1. The number of hydrogen-bond acceptors (Lipinski definition) is 2. The summed E-state index contributed by atoms with van der Waals surface area (Å²) < 4.78 is 11.6. The molecule has 1 unspecified atom stereocenters. The number of nitrogens with zero attached hydrogens (tertiary/aromatic N) is 1. The van der Waals surface area contributed by atoms with Crippen LogP contribution in [0.4, 0.5) is 0 Å². The zero-order valence-corrected chi connectivity index (χ0v) is 10.5. The number of alkyl halides is 1. The Bertz CT molecular complexity index is 330. The molecule has 1 heterocycles. The van der Waals surface area contributed by atoms with Gasteiger partial charge in [0.1, 0.15) is 0 Å². The first-order valence-electron chi connectivity index (χ1n) is 5.06. The van der Waals surface area contributed by atoms with E-state index < -0.39 is 10.8 Å². The molecule has 1 atom stereocenters. The maximum Gasteiger partial charge on any atom is 0.0658 e. The lowest BCUT2D eigenvalue weighted by Crippen LogP contribution is -2.03. The molecule has 0 N–H and O–H groups in total. The van der Waals surface area contributed by atoms with E-state index in [2.05, 4.69) is 4.98 Å². The van der Waals surface area contributed by atoms with Gasteiger partial charge in [0.05, 0.1) is 11.4 Å². The molecule has 0 amide bonds. The highest BCUT2D eigenvalue weighted by Crippen LogP contribution is 2.04. The Kier molecular flexibility index (Phi) is 5.88. The highest BCUT2D eigenvalue weighted by molar-refractivity contribution is 7.84. The van der Waals surface area contributed by atoms with Gasteiger partial charge in [0.15, 0.2) is 0 Å². The minimum absolute atomic E-state index is 0.559. The fourth-order valence-electron chi connectivity index (χ4n) is 1.27. The van der Waals surface area contributed by atoms with Crippen molar-refractivity contribution in [2.24, 2.45) is 0 Å². The number of halogens is 1. The first kappa shape index (κ1) is 12.7. The van der Waals surface area contributed by atoms with E-state index >= 15 is 0 Å². The summed E-state index contributed by atoms with van der Waals surface area (Å²) in [5, 5.41) is 0. The van der Waals surface area contributed by atoms with Gasteiger partial charge in [-0.05, 0) is 31.9 Å². The van der Waals surface area contributed by atoms with Crippen molar-refractivity contribution in [1.29, 1.82) is 0 Å². The summed E-state index contributed by atoms with van der Waals surface area (Å²) in [7, 11) is -0.802. The van der Waals surface area contributed by atoms with Crippen molar-refractivity contribution in [2.45, 2.75) is 25.5 Å². The van der Waals surface area contributed by atoms with E-state index in [4.69, 9.17) is 11.6 Å². The summed E-state index contributed by atoms with van der Waals surface area (Å²) in [5.41, 5.74) is 1.89. The molecule has 0 fully saturated rings. The summed E-state index contributed by atoms with van der Waals surface area (Å²) in [6, 6.07) is 5.82. The van der Waals surface area contributed by atoms with Crippen LogP contribution >= 0.6 is 11.6 Å². The highest BCUT2D eigenvalue weighted by atomic mass is 35.5. The number of unbranched alkanes of at least 4 members (excludes halogenated alkanes) is 1. The lowest BCUT2D eigenvalue weighted by Gasteiger charge is -2.02. The van der Waals surface area contributed by atoms with Crippen molar-refractivity contribution in [3.05, 3.63) is 29.6 Å². The molecule has 0 saturated carbocycles. The van der Waals surface area contributed by atoms with Crippen LogP contribution in [-0.4, -0.2) is 20.8 Å². The number of pyridine rings is 1. The van der Waals surface area contributed by atoms with Crippen LogP contribution in [-0.2, 0) is 16.6 Å². The molecule has 1 aromatic heterocycles. The highest BCUT2D eigenvalue weighted by Gasteiger charge is 2.02. The molecular weight excluding hydrogens is 230 g/mol. The van der Waals surface area contributed by atoms with Crippen LogP contribution in [0.2, 0.25) is 0 Å². The van der Waals surface area contributed by atoms with Crippen molar-refractivity contribution in [1.82, 2.24) is 4.98 Å². The zero-order valence-electron chi connectivity index (χ0n) is 8.91. The Morgan fingerprint density at radius 2 is 2.20 bits per heavy atom. The predicted molar refractivity (Wildman–Crippen MR) is 65.6 cm³/mol. The van der Waals surface area contributed by atoms with Gasteiger partial charge in [-0.15, -0.1) is 11.6 Å². The van der Waals surface area contributed by atoms with E-state index in [1.165, 1.54) is 0 Å². The molecule has 0 aliphatic heterocycles. The SMILES string of the molecule is Cc1cccc(CS(=O)CCCCCl)n1. The molecule has 1 rings (SSSR count). The second-order valence-corrected chi connectivity index (χ2v) is 5.41. The van der Waals surface area contributed by atoms with Crippen LogP contribution in [0.5, 0.6) is 0 Å². The van der Waals surface area contributed by atoms with Gasteiger partial charge >= 0.3 is 0 Å². The molecule has 0 saturated heterocycles. The molecule has 1 aromatic rings. The van der Waals surface area contributed by atoms with Crippen molar-refractivity contribution in [3.63, 3.8) is 0 Å². The van der Waals surface area contributed by atoms with Crippen LogP contribution < -0.4 is 0 Å². The average Bonchev–Trinajstić information content (AvgIpc) is 2.18. The Labute approximate surface area is 98.5 Å². The lowest BCUT2D eigenvalue weighted by molar-refractivity contribution is 0.678. The monoisotopic (exact) mass is 245 g/mol. The first-order valence-corrected chi connectivity index (χ1v) is 7.08. The van der Waals surface area contributed by atoms with E-state index in [9.17, 15) is 4.21 Å². The smallest absolute Gasteiger partial charge is 0.0658 e. The quantitative estimate of drug-likeness (QED) is 0.570. The molecule has 0 aliphatic carbocycles. The number of aryl methyl sites for hydroxylation is 1. The van der Waals surface area contributed by atoms with Crippen molar-refractivity contribution in [2.75, 3.05) is 11.6 Å². The van der Waals surface area contributed by atoms with Gasteiger partial charge in [-0.2, -0.15) is 0 Å². The van der Waals surface area contributed by atoms with Gasteiger partial charge in [-0.25, -0.2) is 0 Å². The predicted octanol–water partition coefficient (Wildman–Crippen LogP) is 2.66. The third-order valence-electron chi connectivity index (χ3n) is 2.01. The Hall–Kier alpha value is -0.410. The van der Waals surface area contributed by atoms with Crippen molar-refractivity contribution < 1.29 is 4.21 Å². The molecule has 15 heavy (non-hydrogen) atoms. The molecule has 0 radical (unpaired) electrons. The van der Waals surface area contributed by atoms with Crippen LogP contribution in [0.3, 0.4) is 0 Å². The summed E-state index contributed by atoms with van der Waals surface area (Å²) in [6.45, 7) is 1.94. The van der Waals surface area contributed by atoms with Crippen LogP contribution in [0.1, 0.15) is 24.2 Å². The minimum atomic E-state index is -0.802. The van der Waals surface area contributed by atoms with Crippen LogP contribution in [0, 0.1) is 6.92 Å². The first-order chi connectivity index (χ1) is 7.22. The van der Waals surface area contributed by atoms with E-state index in [-0.39, 0.29) is 0 Å². The van der Waals surface area contributed by atoms with Gasteiger partial charge in [-0.1, -0.05) is 6.07 Å². The second-order valence-electron chi connectivity index (χ2n) is 3.45. The van der Waals surface area contributed by atoms with Gasteiger partial charge in [-0.3, -0.25) is 9.19 Å². The summed E-state index contributed by atoms with van der Waals surface area (Å²) in [4.78, 5) is 4.32. The fourth-order valence-corrected chi connectivity index (χ4v) is 2.62. The van der Waals surface area contributed by atoms with Gasteiger partial charge < -0.3 is 0 Å². The van der Waals surface area contributed by atoms with Gasteiger partial charge in [0, 0.05) is 28.1 Å². The molecule has 0 bridgehead atoms. The number of hydrogen-bond donors (Lipinski definition) is 0. The summed E-state index contributed by atoms with van der Waals surface area (Å²) in [6.07, 6.45) is 1.87. The Morgan fingerprint density at radius 1 is 1.40 bits per heavy atom. The van der Waals surface area contributed by atoms with E-state index in [1.54, 1.807) is 0 Å². The summed E-state index contributed by atoms with van der Waals surface area (Å²) >= 11 is 5.55. The van der Waals surface area contributed by atoms with Gasteiger partial charge in [0.25, 0.3) is 0 Å². The lowest BCUT2D eigenvalue weighted by atomic mass is 10.3. The third kappa shape index (κ3) is 5.28. The van der Waals surface area contributed by atoms with Crippen LogP contribution in [0.25, 0.3) is 0 Å². The van der Waals surface area contributed by atoms with Crippen molar-refractivity contribution in [3.8, 4) is 0 Å². The normalized spacial score (nSPS) is 12.7. The van der Waals surface area contributed by atoms with E-state index in [0.29, 0.717) is 11.6 Å². The van der Waals surface area contributed by atoms with E-state index in [0.717, 1.165) is 30.0 Å². The molecule has 0 spiro atoms. The minimum Gasteiger partial charge on any atom is -0.259 e. The molecule has 2 nitrogen and oxygen atoms in total. The standard InChI is InChI=1S/C11H16ClNOS/c1-10-5-4-6-11(13-10)9-15(14)8-3-2-7-12/h4-6H,2-3,7-9H2,1H3. The largest absolute Gasteiger partial charge is 0.259 e. The third-order valence-corrected chi connectivity index (χ3v) is 3.64. The fraction of sp³-hybridized carbons (Fsp3) is 0.545. The molecule has 4 heteroatoms. The van der Waals surface area contributed by atoms with Crippen molar-refractivity contribution >= 4 is 22.4 Å². The molecule has 0 aliphatic rings. The average molecular weight is 246 g/mol. The maximum absolute atomic E-state index is 11.6. The molecule has 0 aromatic carbocycles. The zero-order chi connectivity index (χ0) is 11.1. The maximum atomic E-state index is 11.6. The Balaban J connectivity index is 2.37. The van der Waals surface area contributed by atoms with Crippen LogP contribution in [0.15, 0.2) is 18.2 Å². The Morgan fingerprint density at radius 3 is 2.87 bits per heavy atom. The number of rotatable bonds is 6. The van der Waals surface area contributed by atoms with Gasteiger partial charge in [0.2, 0.25) is 0 Å².